The number of hydrogen-bond acceptors (Lipinski definition) is 4. The van der Waals surface area contributed by atoms with E-state index in [0.29, 0.717) is 36.2 Å². The molecule has 1 aliphatic rings. The molecule has 0 aliphatic carbocycles. The van der Waals surface area contributed by atoms with Gasteiger partial charge in [-0.05, 0) is 42.5 Å². The molecule has 2 heterocycles. The van der Waals surface area contributed by atoms with Crippen molar-refractivity contribution in [3.8, 4) is 0 Å². The molecule has 4 rings (SSSR count). The molecule has 0 unspecified atom stereocenters. The Morgan fingerprint density at radius 2 is 1.61 bits per heavy atom. The Labute approximate surface area is 178 Å². The smallest absolute Gasteiger partial charge is 0.243 e. The highest BCUT2D eigenvalue weighted by atomic mass is 35.5. The molecule has 0 amide bonds. The SMILES string of the molecule is O=S(=O)(c1ccc(Cl)c(Cl)c1)N1CCN(c2ccnc3cc(Cl)ccc23)CC1. The average Bonchev–Trinajstić information content (AvgIpc) is 2.69. The highest BCUT2D eigenvalue weighted by Crippen LogP contribution is 2.30. The lowest BCUT2D eigenvalue weighted by Crippen LogP contribution is -2.48. The molecule has 0 spiro atoms. The van der Waals surface area contributed by atoms with E-state index < -0.39 is 10.0 Å². The van der Waals surface area contributed by atoms with Crippen molar-refractivity contribution >= 4 is 61.4 Å². The van der Waals surface area contributed by atoms with Crippen LogP contribution in [-0.4, -0.2) is 43.9 Å². The van der Waals surface area contributed by atoms with E-state index in [2.05, 4.69) is 9.88 Å². The summed E-state index contributed by atoms with van der Waals surface area (Å²) in [4.78, 5) is 6.68. The van der Waals surface area contributed by atoms with E-state index >= 15 is 0 Å². The summed E-state index contributed by atoms with van der Waals surface area (Å²) in [7, 11) is -3.62. The molecule has 0 atom stereocenters. The minimum Gasteiger partial charge on any atom is -0.368 e. The fraction of sp³-hybridized carbons (Fsp3) is 0.211. The first-order chi connectivity index (χ1) is 13.4. The van der Waals surface area contributed by atoms with Crippen LogP contribution in [0.15, 0.2) is 53.6 Å². The number of fused-ring (bicyclic) bond motifs is 1. The number of halogens is 3. The van der Waals surface area contributed by atoms with Crippen LogP contribution in [-0.2, 0) is 10.0 Å². The lowest BCUT2D eigenvalue weighted by Gasteiger charge is -2.35. The van der Waals surface area contributed by atoms with Crippen molar-refractivity contribution in [1.29, 1.82) is 0 Å². The minimum atomic E-state index is -3.62. The van der Waals surface area contributed by atoms with Gasteiger partial charge in [-0.15, -0.1) is 0 Å². The number of sulfonamides is 1. The molecular formula is C19H16Cl3N3O2S. The van der Waals surface area contributed by atoms with Gasteiger partial charge in [-0.1, -0.05) is 34.8 Å². The molecule has 1 aliphatic heterocycles. The minimum absolute atomic E-state index is 0.152. The molecule has 1 fully saturated rings. The first-order valence-corrected chi connectivity index (χ1v) is 11.2. The van der Waals surface area contributed by atoms with Gasteiger partial charge in [-0.3, -0.25) is 4.98 Å². The number of pyridine rings is 1. The Morgan fingerprint density at radius 3 is 2.32 bits per heavy atom. The molecule has 0 radical (unpaired) electrons. The van der Waals surface area contributed by atoms with Gasteiger partial charge in [0.25, 0.3) is 0 Å². The molecule has 1 saturated heterocycles. The second-order valence-electron chi connectivity index (χ2n) is 6.46. The van der Waals surface area contributed by atoms with Crippen LogP contribution in [0.1, 0.15) is 0 Å². The van der Waals surface area contributed by atoms with E-state index in [-0.39, 0.29) is 9.92 Å². The number of benzene rings is 2. The summed E-state index contributed by atoms with van der Waals surface area (Å²) in [6, 6.07) is 11.9. The van der Waals surface area contributed by atoms with Crippen LogP contribution in [0.25, 0.3) is 10.9 Å². The maximum absolute atomic E-state index is 12.9. The van der Waals surface area contributed by atoms with Gasteiger partial charge in [0.2, 0.25) is 10.0 Å². The first-order valence-electron chi connectivity index (χ1n) is 8.61. The summed E-state index contributed by atoms with van der Waals surface area (Å²) in [5, 5.41) is 2.18. The van der Waals surface area contributed by atoms with Crippen molar-refractivity contribution in [3.05, 3.63) is 63.7 Å². The Bertz CT molecular complexity index is 1150. The predicted octanol–water partition coefficient (Wildman–Crippen LogP) is 4.71. The van der Waals surface area contributed by atoms with Gasteiger partial charge in [0.1, 0.15) is 0 Å². The van der Waals surface area contributed by atoms with Crippen molar-refractivity contribution in [1.82, 2.24) is 9.29 Å². The largest absolute Gasteiger partial charge is 0.368 e. The zero-order valence-electron chi connectivity index (χ0n) is 14.6. The van der Waals surface area contributed by atoms with E-state index in [1.165, 1.54) is 22.5 Å². The Hall–Kier alpha value is -1.57. The second kappa shape index (κ2) is 7.69. The van der Waals surface area contributed by atoms with Gasteiger partial charge in [0.15, 0.2) is 0 Å². The predicted molar refractivity (Wildman–Crippen MR) is 114 cm³/mol. The van der Waals surface area contributed by atoms with Crippen molar-refractivity contribution < 1.29 is 8.42 Å². The molecule has 1 aromatic heterocycles. The number of aromatic nitrogens is 1. The maximum Gasteiger partial charge on any atom is 0.243 e. The van der Waals surface area contributed by atoms with Gasteiger partial charge in [0.05, 0.1) is 20.5 Å². The number of piperazine rings is 1. The van der Waals surface area contributed by atoms with Crippen molar-refractivity contribution in [2.24, 2.45) is 0 Å². The third kappa shape index (κ3) is 3.67. The molecule has 2 aromatic carbocycles. The number of hydrogen-bond donors (Lipinski definition) is 0. The topological polar surface area (TPSA) is 53.5 Å². The van der Waals surface area contributed by atoms with Crippen molar-refractivity contribution in [2.45, 2.75) is 4.90 Å². The summed E-state index contributed by atoms with van der Waals surface area (Å²) in [5.74, 6) is 0. The number of rotatable bonds is 3. The average molecular weight is 457 g/mol. The summed E-state index contributed by atoms with van der Waals surface area (Å²) >= 11 is 18.0. The molecule has 3 aromatic rings. The van der Waals surface area contributed by atoms with Crippen LogP contribution >= 0.6 is 34.8 Å². The second-order valence-corrected chi connectivity index (χ2v) is 9.65. The lowest BCUT2D eigenvalue weighted by atomic mass is 10.1. The van der Waals surface area contributed by atoms with Gasteiger partial charge < -0.3 is 4.90 Å². The lowest BCUT2D eigenvalue weighted by molar-refractivity contribution is 0.385. The zero-order valence-corrected chi connectivity index (χ0v) is 17.7. The van der Waals surface area contributed by atoms with Gasteiger partial charge in [-0.2, -0.15) is 4.31 Å². The fourth-order valence-electron chi connectivity index (χ4n) is 3.34. The van der Waals surface area contributed by atoms with E-state index in [1.807, 2.05) is 24.3 Å². The van der Waals surface area contributed by atoms with Gasteiger partial charge in [0, 0.05) is 48.5 Å². The van der Waals surface area contributed by atoms with Crippen LogP contribution in [0, 0.1) is 0 Å². The molecular weight excluding hydrogens is 441 g/mol. The van der Waals surface area contributed by atoms with Crippen LogP contribution in [0.3, 0.4) is 0 Å². The quantitative estimate of drug-likeness (QED) is 0.573. The highest BCUT2D eigenvalue weighted by molar-refractivity contribution is 7.89. The van der Waals surface area contributed by atoms with E-state index in [4.69, 9.17) is 34.8 Å². The van der Waals surface area contributed by atoms with Crippen molar-refractivity contribution in [3.63, 3.8) is 0 Å². The van der Waals surface area contributed by atoms with Gasteiger partial charge >= 0.3 is 0 Å². The summed E-state index contributed by atoms with van der Waals surface area (Å²) < 4.78 is 27.3. The molecule has 5 nitrogen and oxygen atoms in total. The van der Waals surface area contributed by atoms with E-state index in [9.17, 15) is 8.42 Å². The van der Waals surface area contributed by atoms with Crippen LogP contribution < -0.4 is 4.90 Å². The molecule has 0 N–H and O–H groups in total. The molecule has 28 heavy (non-hydrogen) atoms. The Morgan fingerprint density at radius 1 is 0.857 bits per heavy atom. The van der Waals surface area contributed by atoms with E-state index in [0.717, 1.165) is 16.6 Å². The van der Waals surface area contributed by atoms with E-state index in [1.54, 1.807) is 6.20 Å². The molecule has 146 valence electrons. The normalized spacial score (nSPS) is 15.9. The zero-order chi connectivity index (χ0) is 19.9. The van der Waals surface area contributed by atoms with Gasteiger partial charge in [-0.25, -0.2) is 8.42 Å². The monoisotopic (exact) mass is 455 g/mol. The number of anilines is 1. The summed E-state index contributed by atoms with van der Waals surface area (Å²) in [5.41, 5.74) is 1.84. The summed E-state index contributed by atoms with van der Waals surface area (Å²) in [6.45, 7) is 1.89. The number of nitrogens with zero attached hydrogens (tertiary/aromatic N) is 3. The van der Waals surface area contributed by atoms with Crippen LogP contribution in [0.2, 0.25) is 15.1 Å². The third-order valence-electron chi connectivity index (χ3n) is 4.79. The third-order valence-corrected chi connectivity index (χ3v) is 7.66. The molecule has 0 bridgehead atoms. The fourth-order valence-corrected chi connectivity index (χ4v) is 5.32. The standard InChI is InChI=1S/C19H16Cl3N3O2S/c20-13-1-3-15-18(11-13)23-6-5-19(15)24-7-9-25(10-8-24)28(26,27)14-2-4-16(21)17(22)12-14/h1-6,11-12H,7-10H2. The Balaban J connectivity index is 1.56. The van der Waals surface area contributed by atoms with Crippen molar-refractivity contribution in [2.75, 3.05) is 31.1 Å². The van der Waals surface area contributed by atoms with Crippen LogP contribution in [0.4, 0.5) is 5.69 Å². The summed E-state index contributed by atoms with van der Waals surface area (Å²) in [6.07, 6.45) is 1.74. The first kappa shape index (κ1) is 19.7. The maximum atomic E-state index is 12.9. The highest BCUT2D eigenvalue weighted by Gasteiger charge is 2.29. The molecule has 9 heteroatoms. The Kier molecular flexibility index (Phi) is 5.42. The van der Waals surface area contributed by atoms with Crippen LogP contribution in [0.5, 0.6) is 0 Å². The molecule has 0 saturated carbocycles.